The Morgan fingerprint density at radius 3 is 2.50 bits per heavy atom. The largest absolute Gasteiger partial charge is 0.359 e. The number of nitrogens with zero attached hydrogens (tertiary/aromatic N) is 1. The third-order valence-electron chi connectivity index (χ3n) is 7.09. The van der Waals surface area contributed by atoms with Gasteiger partial charge in [-0.05, 0) is 61.4 Å². The number of aryl methyl sites for hydroxylation is 1. The van der Waals surface area contributed by atoms with Gasteiger partial charge in [0, 0.05) is 69.3 Å². The fraction of sp³-hybridized carbons (Fsp3) is 0.286. The standard InChI is InChI=1S/C28H28Cl2N4O3S/c1-16-19(14-27(35)34-10-8-31-9-11-34)17(2)32-26(16)13-21-20-12-18(6-7-25(20)33-28(21)36)38(37)15-22-23(29)4-3-5-24(22)30/h3-7,12-13,31-32H,8-11,14-15H2,1-2H3,(H,33,36)/b21-13-. The molecule has 5 rings (SSSR count). The van der Waals surface area contributed by atoms with E-state index in [-0.39, 0.29) is 17.6 Å². The summed E-state index contributed by atoms with van der Waals surface area (Å²) in [6.07, 6.45) is 2.12. The summed E-state index contributed by atoms with van der Waals surface area (Å²) in [5, 5.41) is 7.09. The zero-order valence-electron chi connectivity index (χ0n) is 21.1. The van der Waals surface area contributed by atoms with Crippen molar-refractivity contribution in [1.29, 1.82) is 0 Å². The first-order chi connectivity index (χ1) is 18.2. The second-order valence-electron chi connectivity index (χ2n) is 9.48. The van der Waals surface area contributed by atoms with Gasteiger partial charge in [0.15, 0.2) is 0 Å². The van der Waals surface area contributed by atoms with Gasteiger partial charge in [-0.3, -0.25) is 13.8 Å². The van der Waals surface area contributed by atoms with Crippen molar-refractivity contribution < 1.29 is 13.8 Å². The molecule has 1 saturated heterocycles. The van der Waals surface area contributed by atoms with Gasteiger partial charge in [0.25, 0.3) is 5.91 Å². The smallest absolute Gasteiger partial charge is 0.256 e. The first kappa shape index (κ1) is 26.7. The van der Waals surface area contributed by atoms with Crippen molar-refractivity contribution in [3.8, 4) is 0 Å². The lowest BCUT2D eigenvalue weighted by molar-refractivity contribution is -0.131. The quantitative estimate of drug-likeness (QED) is 0.374. The van der Waals surface area contributed by atoms with E-state index in [4.69, 9.17) is 23.2 Å². The number of hydrogen-bond donors (Lipinski definition) is 3. The molecule has 0 radical (unpaired) electrons. The summed E-state index contributed by atoms with van der Waals surface area (Å²) in [7, 11) is -1.42. The predicted octanol–water partition coefficient (Wildman–Crippen LogP) is 4.71. The molecule has 38 heavy (non-hydrogen) atoms. The molecule has 0 saturated carbocycles. The number of benzene rings is 2. The molecule has 1 unspecified atom stereocenters. The van der Waals surface area contributed by atoms with Crippen LogP contribution in [-0.2, 0) is 32.6 Å². The molecule has 10 heteroatoms. The van der Waals surface area contributed by atoms with E-state index in [1.54, 1.807) is 42.5 Å². The first-order valence-electron chi connectivity index (χ1n) is 12.4. The van der Waals surface area contributed by atoms with Gasteiger partial charge < -0.3 is 20.5 Å². The van der Waals surface area contributed by atoms with Gasteiger partial charge in [0.05, 0.1) is 28.5 Å². The van der Waals surface area contributed by atoms with Gasteiger partial charge >= 0.3 is 0 Å². The molecule has 7 nitrogen and oxygen atoms in total. The van der Waals surface area contributed by atoms with Gasteiger partial charge in [0.1, 0.15) is 0 Å². The molecular formula is C28H28Cl2N4O3S. The Morgan fingerprint density at radius 2 is 1.79 bits per heavy atom. The molecule has 2 aromatic carbocycles. The second kappa shape index (κ2) is 11.1. The Kier molecular flexibility index (Phi) is 7.77. The highest BCUT2D eigenvalue weighted by atomic mass is 35.5. The van der Waals surface area contributed by atoms with Crippen LogP contribution in [-0.4, -0.2) is 52.1 Å². The number of amides is 2. The number of carbonyl (C=O) groups excluding carboxylic acids is 2. The minimum atomic E-state index is -1.42. The van der Waals surface area contributed by atoms with Crippen LogP contribution in [0.2, 0.25) is 10.0 Å². The fourth-order valence-corrected chi connectivity index (χ4v) is 6.78. The van der Waals surface area contributed by atoms with Crippen LogP contribution in [0.1, 0.15) is 33.6 Å². The van der Waals surface area contributed by atoms with E-state index in [0.29, 0.717) is 56.8 Å². The molecule has 3 N–H and O–H groups in total. The van der Waals surface area contributed by atoms with Crippen LogP contribution in [0.5, 0.6) is 0 Å². The van der Waals surface area contributed by atoms with Crippen molar-refractivity contribution in [2.75, 3.05) is 31.5 Å². The molecule has 3 aromatic rings. The van der Waals surface area contributed by atoms with Gasteiger partial charge in [0.2, 0.25) is 5.91 Å². The molecule has 2 aliphatic heterocycles. The minimum Gasteiger partial charge on any atom is -0.359 e. The summed E-state index contributed by atoms with van der Waals surface area (Å²) in [4.78, 5) is 31.6. The minimum absolute atomic E-state index is 0.102. The Balaban J connectivity index is 1.42. The van der Waals surface area contributed by atoms with Crippen molar-refractivity contribution in [2.45, 2.75) is 30.9 Å². The maximum Gasteiger partial charge on any atom is 0.256 e. The molecular weight excluding hydrogens is 543 g/mol. The number of piperazine rings is 1. The van der Waals surface area contributed by atoms with E-state index in [2.05, 4.69) is 15.6 Å². The highest BCUT2D eigenvalue weighted by Gasteiger charge is 2.27. The Bertz CT molecular complexity index is 1470. The molecule has 1 fully saturated rings. The number of nitrogens with one attached hydrogen (secondary N) is 3. The summed E-state index contributed by atoms with van der Waals surface area (Å²) in [6.45, 7) is 6.94. The summed E-state index contributed by atoms with van der Waals surface area (Å²) < 4.78 is 13.2. The molecule has 1 atom stereocenters. The third kappa shape index (κ3) is 5.31. The lowest BCUT2D eigenvalue weighted by Gasteiger charge is -2.27. The second-order valence-corrected chi connectivity index (χ2v) is 11.7. The van der Waals surface area contributed by atoms with E-state index in [0.717, 1.165) is 35.6 Å². The maximum absolute atomic E-state index is 13.2. The Hall–Kier alpha value is -2.91. The first-order valence-corrected chi connectivity index (χ1v) is 14.5. The van der Waals surface area contributed by atoms with Gasteiger partial charge in [-0.1, -0.05) is 29.3 Å². The monoisotopic (exact) mass is 570 g/mol. The topological polar surface area (TPSA) is 94.3 Å². The van der Waals surface area contributed by atoms with Crippen LogP contribution in [0.15, 0.2) is 41.3 Å². The number of halogens is 2. The lowest BCUT2D eigenvalue weighted by atomic mass is 10.0. The molecule has 2 amide bonds. The van der Waals surface area contributed by atoms with Gasteiger partial charge in [-0.15, -0.1) is 0 Å². The molecule has 198 valence electrons. The molecule has 0 aliphatic carbocycles. The number of rotatable bonds is 6. The zero-order valence-corrected chi connectivity index (χ0v) is 23.4. The molecule has 0 bridgehead atoms. The average molecular weight is 572 g/mol. The third-order valence-corrected chi connectivity index (χ3v) is 9.13. The van der Waals surface area contributed by atoms with E-state index < -0.39 is 10.8 Å². The number of anilines is 1. The number of fused-ring (bicyclic) bond motifs is 1. The van der Waals surface area contributed by atoms with Gasteiger partial charge in [-0.25, -0.2) is 0 Å². The number of aromatic amines is 1. The van der Waals surface area contributed by atoms with Crippen LogP contribution in [0.4, 0.5) is 5.69 Å². The highest BCUT2D eigenvalue weighted by Crippen LogP contribution is 2.36. The predicted molar refractivity (Wildman–Crippen MR) is 153 cm³/mol. The Morgan fingerprint density at radius 1 is 1.08 bits per heavy atom. The summed E-state index contributed by atoms with van der Waals surface area (Å²) in [6, 6.07) is 10.5. The van der Waals surface area contributed by atoms with Crippen molar-refractivity contribution >= 4 is 63.2 Å². The average Bonchev–Trinajstić information content (AvgIpc) is 3.36. The lowest BCUT2D eigenvalue weighted by Crippen LogP contribution is -2.47. The summed E-state index contributed by atoms with van der Waals surface area (Å²) in [5.74, 6) is 0.0321. The van der Waals surface area contributed by atoms with E-state index >= 15 is 0 Å². The van der Waals surface area contributed by atoms with Crippen molar-refractivity contribution in [3.05, 3.63) is 80.1 Å². The van der Waals surface area contributed by atoms with Crippen molar-refractivity contribution in [3.63, 3.8) is 0 Å². The zero-order chi connectivity index (χ0) is 27.0. The van der Waals surface area contributed by atoms with Crippen molar-refractivity contribution in [2.24, 2.45) is 0 Å². The Labute approximate surface area is 234 Å². The SMILES string of the molecule is Cc1[nH]c(/C=C2\C(=O)Nc3ccc(S(=O)Cc4c(Cl)cccc4Cl)cc32)c(C)c1CC(=O)N1CCNCC1. The van der Waals surface area contributed by atoms with E-state index in [1.807, 2.05) is 18.7 Å². The number of carbonyl (C=O) groups is 2. The van der Waals surface area contributed by atoms with Crippen LogP contribution >= 0.6 is 23.2 Å². The summed E-state index contributed by atoms with van der Waals surface area (Å²) >= 11 is 12.6. The van der Waals surface area contributed by atoms with Crippen LogP contribution in [0, 0.1) is 13.8 Å². The van der Waals surface area contributed by atoms with E-state index in [1.165, 1.54) is 0 Å². The van der Waals surface area contributed by atoms with E-state index in [9.17, 15) is 13.8 Å². The molecule has 1 aromatic heterocycles. The summed E-state index contributed by atoms with van der Waals surface area (Å²) in [5.41, 5.74) is 6.00. The fourth-order valence-electron chi connectivity index (χ4n) is 4.88. The van der Waals surface area contributed by atoms with Gasteiger partial charge in [-0.2, -0.15) is 0 Å². The molecule has 3 heterocycles. The normalized spacial score (nSPS) is 17.0. The molecule has 2 aliphatic rings. The number of aromatic nitrogens is 1. The number of H-pyrrole nitrogens is 1. The van der Waals surface area contributed by atoms with Crippen LogP contribution in [0.25, 0.3) is 11.6 Å². The maximum atomic E-state index is 13.2. The highest BCUT2D eigenvalue weighted by molar-refractivity contribution is 7.84. The van der Waals surface area contributed by atoms with Crippen LogP contribution in [0.3, 0.4) is 0 Å². The van der Waals surface area contributed by atoms with Crippen molar-refractivity contribution in [1.82, 2.24) is 15.2 Å². The molecule has 0 spiro atoms. The number of hydrogen-bond acceptors (Lipinski definition) is 4. The van der Waals surface area contributed by atoms with Crippen LogP contribution < -0.4 is 10.6 Å².